The Morgan fingerprint density at radius 3 is 0.912 bits per heavy atom. The van der Waals surface area contributed by atoms with Crippen molar-refractivity contribution in [3.05, 3.63) is 190 Å². The SMILES string of the molecule is C.C.CC.CC.Cc1ccccc1.Cc1cccs1.c1ccc2cc3cc4cc5sccc5cc4cc3cc2c1.c1ccc2cc3cc4sccc4cc3cc2c1. The topological polar surface area (TPSA) is 0 Å². The lowest BCUT2D eigenvalue weighted by Gasteiger charge is -2.05. The fourth-order valence-electron chi connectivity index (χ4n) is 6.45. The van der Waals surface area contributed by atoms with Gasteiger partial charge < -0.3 is 0 Å². The van der Waals surface area contributed by atoms with Gasteiger partial charge in [0.05, 0.1) is 0 Å². The van der Waals surface area contributed by atoms with Crippen molar-refractivity contribution < 1.29 is 0 Å². The molecule has 0 spiro atoms. The van der Waals surface area contributed by atoms with E-state index in [0.29, 0.717) is 0 Å². The van der Waals surface area contributed by atoms with Gasteiger partial charge in [-0.15, -0.1) is 34.0 Å². The van der Waals surface area contributed by atoms with Crippen molar-refractivity contribution in [3.63, 3.8) is 0 Å². The van der Waals surface area contributed by atoms with Gasteiger partial charge in [0.1, 0.15) is 0 Å². The zero-order chi connectivity index (χ0) is 38.6. The van der Waals surface area contributed by atoms with Crippen LogP contribution in [0.25, 0.3) is 74.0 Å². The molecule has 0 saturated carbocycles. The van der Waals surface area contributed by atoms with Gasteiger partial charge in [0.25, 0.3) is 0 Å². The van der Waals surface area contributed by atoms with Crippen LogP contribution in [0.15, 0.2) is 180 Å². The van der Waals surface area contributed by atoms with Crippen LogP contribution in [-0.2, 0) is 0 Å². The van der Waals surface area contributed by atoms with Gasteiger partial charge in [0.2, 0.25) is 0 Å². The highest BCUT2D eigenvalue weighted by molar-refractivity contribution is 7.17. The molecular weight excluding hydrogens is 745 g/mol. The fourth-order valence-corrected chi connectivity index (χ4v) is 8.62. The number of hydrogen-bond acceptors (Lipinski definition) is 3. The van der Waals surface area contributed by atoms with Crippen LogP contribution in [0.1, 0.15) is 53.0 Å². The van der Waals surface area contributed by atoms with Crippen LogP contribution in [0, 0.1) is 13.8 Å². The monoisotopic (exact) mass is 800 g/mol. The predicted octanol–water partition coefficient (Wildman–Crippen LogP) is 18.9. The van der Waals surface area contributed by atoms with Crippen LogP contribution < -0.4 is 0 Å². The summed E-state index contributed by atoms with van der Waals surface area (Å²) in [5.74, 6) is 0. The highest BCUT2D eigenvalue weighted by Crippen LogP contribution is 2.32. The molecule has 0 atom stereocenters. The smallest absolute Gasteiger partial charge is 0.0349 e. The van der Waals surface area contributed by atoms with Crippen molar-refractivity contribution in [2.45, 2.75) is 56.4 Å². The maximum atomic E-state index is 2.32. The van der Waals surface area contributed by atoms with Crippen LogP contribution in [0.2, 0.25) is 0 Å². The van der Waals surface area contributed by atoms with Crippen LogP contribution in [0.4, 0.5) is 0 Å². The molecule has 0 saturated heterocycles. The van der Waals surface area contributed by atoms with Crippen molar-refractivity contribution in [3.8, 4) is 0 Å². The lowest BCUT2D eigenvalue weighted by Crippen LogP contribution is -1.78. The molecule has 3 heteroatoms. The third-order valence-electron chi connectivity index (χ3n) is 9.11. The molecule has 3 heterocycles. The zero-order valence-corrected chi connectivity index (χ0v) is 35.0. The first-order valence-electron chi connectivity index (χ1n) is 19.1. The van der Waals surface area contributed by atoms with Crippen molar-refractivity contribution >= 4 is 108 Å². The number of benzene rings is 8. The Balaban J connectivity index is 0.000000179. The first-order chi connectivity index (χ1) is 27.1. The van der Waals surface area contributed by atoms with Crippen molar-refractivity contribution in [1.29, 1.82) is 0 Å². The third-order valence-corrected chi connectivity index (χ3v) is 11.7. The first-order valence-corrected chi connectivity index (χ1v) is 21.7. The van der Waals surface area contributed by atoms with Crippen LogP contribution in [0.5, 0.6) is 0 Å². The molecule has 0 aliphatic carbocycles. The highest BCUT2D eigenvalue weighted by atomic mass is 32.1. The van der Waals surface area contributed by atoms with Crippen LogP contribution >= 0.6 is 34.0 Å². The minimum atomic E-state index is 0. The second kappa shape index (κ2) is 21.8. The molecule has 3 aromatic heterocycles. The van der Waals surface area contributed by atoms with Gasteiger partial charge in [-0.1, -0.05) is 133 Å². The molecule has 0 bridgehead atoms. The largest absolute Gasteiger partial charge is 0.149 e. The van der Waals surface area contributed by atoms with E-state index >= 15 is 0 Å². The van der Waals surface area contributed by atoms with Gasteiger partial charge in [-0.05, 0) is 173 Å². The first kappa shape index (κ1) is 44.4. The Labute approximate surface area is 352 Å². The van der Waals surface area contributed by atoms with E-state index in [4.69, 9.17) is 0 Å². The average Bonchev–Trinajstić information content (AvgIpc) is 4.02. The molecule has 8 aromatic carbocycles. The second-order valence-corrected chi connectivity index (χ2v) is 15.8. The lowest BCUT2D eigenvalue weighted by atomic mass is 9.99. The minimum absolute atomic E-state index is 0. The summed E-state index contributed by atoms with van der Waals surface area (Å²) >= 11 is 5.40. The van der Waals surface area contributed by atoms with E-state index < -0.39 is 0 Å². The van der Waals surface area contributed by atoms with Crippen molar-refractivity contribution in [2.24, 2.45) is 0 Å². The number of hydrogen-bond donors (Lipinski definition) is 0. The van der Waals surface area contributed by atoms with Crippen LogP contribution in [0.3, 0.4) is 0 Å². The maximum Gasteiger partial charge on any atom is 0.0349 e. The molecule has 0 unspecified atom stereocenters. The minimum Gasteiger partial charge on any atom is -0.149 e. The van der Waals surface area contributed by atoms with Crippen LogP contribution in [-0.4, -0.2) is 0 Å². The molecule has 0 N–H and O–H groups in total. The van der Waals surface area contributed by atoms with Gasteiger partial charge in [-0.3, -0.25) is 0 Å². The highest BCUT2D eigenvalue weighted by Gasteiger charge is 2.04. The Morgan fingerprint density at radius 2 is 0.614 bits per heavy atom. The third kappa shape index (κ3) is 11.2. The number of aryl methyl sites for hydroxylation is 2. The molecule has 0 fully saturated rings. The fraction of sp³-hybridized carbons (Fsp3) is 0.148. The average molecular weight is 801 g/mol. The van der Waals surface area contributed by atoms with Crippen molar-refractivity contribution in [1.82, 2.24) is 0 Å². The maximum absolute atomic E-state index is 2.32. The summed E-state index contributed by atoms with van der Waals surface area (Å²) in [6.45, 7) is 12.2. The summed E-state index contributed by atoms with van der Waals surface area (Å²) in [6.07, 6.45) is 0. The standard InChI is InChI=1S/C20H12S.C16H10S.C7H8.C5H6S.2C2H6.2CH4/c1-2-4-14-8-17-11-19-12-20-15(5-6-21-20)9-18(19)10-16(17)7-13(14)3-1;1-2-4-12-8-15-10-16-13(5-6-17-16)9-14(15)7-11(12)3-1;1-7-5-3-2-4-6-7;1-5-3-2-4-6-5;2*1-2;;/h1-12H;1-10H;2-6H,1H3;2-4H,1H3;2*1-2H3;2*1H4. The lowest BCUT2D eigenvalue weighted by molar-refractivity contribution is 1.48. The Hall–Kier alpha value is -5.32. The molecule has 0 amide bonds. The quantitative estimate of drug-likeness (QED) is 0.134. The second-order valence-electron chi connectivity index (χ2n) is 12.8. The van der Waals surface area contributed by atoms with Gasteiger partial charge in [0, 0.05) is 14.3 Å². The van der Waals surface area contributed by atoms with Crippen molar-refractivity contribution in [2.75, 3.05) is 0 Å². The summed E-state index contributed by atoms with van der Waals surface area (Å²) in [5.41, 5.74) is 1.32. The normalized spacial score (nSPS) is 10.0. The van der Waals surface area contributed by atoms with E-state index in [-0.39, 0.29) is 14.9 Å². The van der Waals surface area contributed by atoms with Gasteiger partial charge in [-0.2, -0.15) is 0 Å². The summed E-state index contributed by atoms with van der Waals surface area (Å²) in [7, 11) is 0. The molecule has 0 aliphatic rings. The summed E-state index contributed by atoms with van der Waals surface area (Å²) in [5, 5.41) is 22.3. The van der Waals surface area contributed by atoms with E-state index in [0.717, 1.165) is 0 Å². The molecule has 57 heavy (non-hydrogen) atoms. The summed E-state index contributed by atoms with van der Waals surface area (Å²) in [6, 6.07) is 58.9. The number of rotatable bonds is 0. The summed E-state index contributed by atoms with van der Waals surface area (Å²) < 4.78 is 2.73. The van der Waals surface area contributed by atoms with E-state index in [1.54, 1.807) is 11.3 Å². The Bertz CT molecular complexity index is 2720. The van der Waals surface area contributed by atoms with E-state index in [9.17, 15) is 0 Å². The molecular formula is C54H56S3. The molecule has 11 aromatic rings. The van der Waals surface area contributed by atoms with E-state index in [2.05, 4.69) is 176 Å². The predicted molar refractivity (Wildman–Crippen MR) is 268 cm³/mol. The number of fused-ring (bicyclic) bond motifs is 7. The van der Waals surface area contributed by atoms with Gasteiger partial charge in [-0.25, -0.2) is 0 Å². The zero-order valence-electron chi connectivity index (χ0n) is 32.5. The molecule has 0 nitrogen and oxygen atoms in total. The Morgan fingerprint density at radius 1 is 0.281 bits per heavy atom. The van der Waals surface area contributed by atoms with Gasteiger partial charge >= 0.3 is 0 Å². The molecule has 11 rings (SSSR count). The molecule has 0 radical (unpaired) electrons. The van der Waals surface area contributed by atoms with E-state index in [1.165, 1.54) is 84.5 Å². The molecule has 0 aliphatic heterocycles. The van der Waals surface area contributed by atoms with Gasteiger partial charge in [0.15, 0.2) is 0 Å². The number of thiophene rings is 3. The molecule has 290 valence electrons. The van der Waals surface area contributed by atoms with E-state index in [1.807, 2.05) is 68.6 Å². The Kier molecular flexibility index (Phi) is 17.0. The summed E-state index contributed by atoms with van der Waals surface area (Å²) in [4.78, 5) is 1.38.